The molecule has 30 heavy (non-hydrogen) atoms. The van der Waals surface area contributed by atoms with Gasteiger partial charge in [-0.3, -0.25) is 4.79 Å². The van der Waals surface area contributed by atoms with Gasteiger partial charge >= 0.3 is 5.97 Å². The Kier molecular flexibility index (Phi) is 7.09. The van der Waals surface area contributed by atoms with Crippen LogP contribution in [0.5, 0.6) is 0 Å². The third-order valence-electron chi connectivity index (χ3n) is 4.49. The number of para-hydroxylation sites is 1. The Bertz CT molecular complexity index is 1050. The lowest BCUT2D eigenvalue weighted by Gasteiger charge is -2.26. The van der Waals surface area contributed by atoms with E-state index in [0.29, 0.717) is 29.5 Å². The van der Waals surface area contributed by atoms with Crippen molar-refractivity contribution in [1.29, 1.82) is 0 Å². The van der Waals surface area contributed by atoms with Crippen molar-refractivity contribution in [2.45, 2.75) is 11.8 Å². The quantitative estimate of drug-likeness (QED) is 0.675. The summed E-state index contributed by atoms with van der Waals surface area (Å²) in [5.41, 5.74) is 0.946. The molecule has 160 valence electrons. The van der Waals surface area contributed by atoms with Gasteiger partial charge < -0.3 is 14.8 Å². The Morgan fingerprint density at radius 1 is 1.17 bits per heavy atom. The van der Waals surface area contributed by atoms with Crippen molar-refractivity contribution < 1.29 is 27.5 Å². The van der Waals surface area contributed by atoms with Gasteiger partial charge in [0.05, 0.1) is 34.4 Å². The zero-order chi connectivity index (χ0) is 21.7. The van der Waals surface area contributed by atoms with Gasteiger partial charge in [-0.15, -0.1) is 0 Å². The summed E-state index contributed by atoms with van der Waals surface area (Å²) in [6, 6.07) is 10.9. The van der Waals surface area contributed by atoms with Crippen LogP contribution in [0, 0.1) is 6.92 Å². The maximum Gasteiger partial charge on any atom is 0.338 e. The highest BCUT2D eigenvalue weighted by Gasteiger charge is 2.28. The van der Waals surface area contributed by atoms with E-state index >= 15 is 0 Å². The Hall–Kier alpha value is -2.46. The average molecular weight is 453 g/mol. The highest BCUT2D eigenvalue weighted by atomic mass is 35.5. The molecule has 1 saturated heterocycles. The average Bonchev–Trinajstić information content (AvgIpc) is 2.74. The summed E-state index contributed by atoms with van der Waals surface area (Å²) in [6.45, 7) is 2.25. The fourth-order valence-electron chi connectivity index (χ4n) is 2.89. The van der Waals surface area contributed by atoms with E-state index in [1.807, 2.05) is 0 Å². The first-order valence-electron chi connectivity index (χ1n) is 9.19. The number of nitrogens with one attached hydrogen (secondary N) is 1. The van der Waals surface area contributed by atoms with Crippen molar-refractivity contribution in [3.63, 3.8) is 0 Å². The molecule has 1 N–H and O–H groups in total. The predicted octanol–water partition coefficient (Wildman–Crippen LogP) is 2.46. The number of carbonyl (C=O) groups is 2. The third-order valence-corrected chi connectivity index (χ3v) is 6.86. The predicted molar refractivity (Wildman–Crippen MR) is 111 cm³/mol. The first kappa shape index (κ1) is 22.2. The second-order valence-corrected chi connectivity index (χ2v) is 8.91. The van der Waals surface area contributed by atoms with Gasteiger partial charge in [0.15, 0.2) is 6.61 Å². The smallest absolute Gasteiger partial charge is 0.338 e. The number of hydrogen-bond acceptors (Lipinski definition) is 6. The lowest BCUT2D eigenvalue weighted by Crippen LogP contribution is -2.40. The fourth-order valence-corrected chi connectivity index (χ4v) is 4.74. The number of hydrogen-bond donors (Lipinski definition) is 1. The Morgan fingerprint density at radius 3 is 2.57 bits per heavy atom. The van der Waals surface area contributed by atoms with Crippen LogP contribution < -0.4 is 5.32 Å². The number of morpholine rings is 1. The van der Waals surface area contributed by atoms with Crippen LogP contribution >= 0.6 is 11.6 Å². The molecule has 0 aliphatic carbocycles. The molecule has 1 fully saturated rings. The van der Waals surface area contributed by atoms with E-state index < -0.39 is 28.5 Å². The molecular weight excluding hydrogens is 432 g/mol. The number of anilines is 1. The highest BCUT2D eigenvalue weighted by Crippen LogP contribution is 2.23. The number of halogens is 1. The lowest BCUT2D eigenvalue weighted by molar-refractivity contribution is -0.119. The van der Waals surface area contributed by atoms with Crippen molar-refractivity contribution in [1.82, 2.24) is 4.31 Å². The van der Waals surface area contributed by atoms with Crippen LogP contribution in [-0.2, 0) is 24.3 Å². The molecule has 1 aliphatic heterocycles. The number of carbonyl (C=O) groups excluding carboxylic acids is 2. The van der Waals surface area contributed by atoms with E-state index in [0.717, 1.165) is 0 Å². The van der Waals surface area contributed by atoms with Crippen LogP contribution in [-0.4, -0.2) is 57.5 Å². The molecular formula is C20H21ClN2O6S. The maximum atomic E-state index is 12.9. The van der Waals surface area contributed by atoms with E-state index in [1.165, 1.54) is 22.5 Å². The molecule has 0 bridgehead atoms. The Morgan fingerprint density at radius 2 is 1.87 bits per heavy atom. The lowest BCUT2D eigenvalue weighted by atomic mass is 10.1. The van der Waals surface area contributed by atoms with Crippen molar-refractivity contribution in [3.05, 3.63) is 58.6 Å². The van der Waals surface area contributed by atoms with Gasteiger partial charge in [-0.05, 0) is 36.8 Å². The van der Waals surface area contributed by atoms with Gasteiger partial charge in [-0.2, -0.15) is 4.31 Å². The number of aryl methyl sites for hydroxylation is 1. The number of ether oxygens (including phenoxy) is 2. The minimum atomic E-state index is -3.77. The van der Waals surface area contributed by atoms with Crippen LogP contribution in [0.3, 0.4) is 0 Å². The van der Waals surface area contributed by atoms with Gasteiger partial charge in [0.25, 0.3) is 5.91 Å². The molecule has 0 unspecified atom stereocenters. The molecule has 2 aromatic rings. The minimum absolute atomic E-state index is 0.0272. The summed E-state index contributed by atoms with van der Waals surface area (Å²) >= 11 is 5.97. The van der Waals surface area contributed by atoms with Crippen molar-refractivity contribution in [3.8, 4) is 0 Å². The monoisotopic (exact) mass is 452 g/mol. The molecule has 10 heteroatoms. The fraction of sp³-hybridized carbons (Fsp3) is 0.300. The number of nitrogens with zero attached hydrogens (tertiary/aromatic N) is 1. The number of benzene rings is 2. The molecule has 1 aliphatic rings. The Labute approximate surface area is 179 Å². The van der Waals surface area contributed by atoms with Crippen molar-refractivity contribution in [2.24, 2.45) is 0 Å². The maximum absolute atomic E-state index is 12.9. The summed E-state index contributed by atoms with van der Waals surface area (Å²) in [6.07, 6.45) is 0. The van der Waals surface area contributed by atoms with Crippen LogP contribution in [0.1, 0.15) is 15.9 Å². The van der Waals surface area contributed by atoms with Crippen LogP contribution in [0.2, 0.25) is 5.02 Å². The van der Waals surface area contributed by atoms with Gasteiger partial charge in [-0.25, -0.2) is 13.2 Å². The molecule has 0 radical (unpaired) electrons. The summed E-state index contributed by atoms with van der Waals surface area (Å²) in [5, 5.41) is 2.90. The van der Waals surface area contributed by atoms with Gasteiger partial charge in [0, 0.05) is 13.1 Å². The SMILES string of the molecule is Cc1ccc(C(=O)OCC(=O)Nc2ccccc2Cl)cc1S(=O)(=O)N1CCOCC1. The Balaban J connectivity index is 1.68. The van der Waals surface area contributed by atoms with E-state index in [4.69, 9.17) is 21.1 Å². The molecule has 0 atom stereocenters. The summed E-state index contributed by atoms with van der Waals surface area (Å²) in [5.74, 6) is -1.37. The van der Waals surface area contributed by atoms with Crippen LogP contribution in [0.15, 0.2) is 47.4 Å². The number of sulfonamides is 1. The first-order chi connectivity index (χ1) is 14.3. The van der Waals surface area contributed by atoms with E-state index in [9.17, 15) is 18.0 Å². The molecule has 3 rings (SSSR count). The second kappa shape index (κ2) is 9.57. The summed E-state index contributed by atoms with van der Waals surface area (Å²) in [4.78, 5) is 24.4. The van der Waals surface area contributed by atoms with Crippen molar-refractivity contribution in [2.75, 3.05) is 38.2 Å². The number of rotatable bonds is 6. The van der Waals surface area contributed by atoms with Crippen LogP contribution in [0.25, 0.3) is 0 Å². The summed E-state index contributed by atoms with van der Waals surface area (Å²) in [7, 11) is -3.77. The molecule has 2 aromatic carbocycles. The normalized spacial score (nSPS) is 14.9. The highest BCUT2D eigenvalue weighted by molar-refractivity contribution is 7.89. The molecule has 0 spiro atoms. The largest absolute Gasteiger partial charge is 0.452 e. The van der Waals surface area contributed by atoms with Gasteiger partial charge in [0.1, 0.15) is 0 Å². The van der Waals surface area contributed by atoms with E-state index in [-0.39, 0.29) is 23.5 Å². The molecule has 1 heterocycles. The first-order valence-corrected chi connectivity index (χ1v) is 11.0. The molecule has 0 saturated carbocycles. The van der Waals surface area contributed by atoms with Gasteiger partial charge in [0.2, 0.25) is 10.0 Å². The molecule has 8 nitrogen and oxygen atoms in total. The zero-order valence-corrected chi connectivity index (χ0v) is 17.8. The standard InChI is InChI=1S/C20H21ClN2O6S/c1-14-6-7-15(12-18(14)30(26,27)23-8-10-28-11-9-23)20(25)29-13-19(24)22-17-5-3-2-4-16(17)21/h2-7,12H,8-11,13H2,1H3,(H,22,24). The van der Waals surface area contributed by atoms with E-state index in [2.05, 4.69) is 5.32 Å². The van der Waals surface area contributed by atoms with E-state index in [1.54, 1.807) is 31.2 Å². The second-order valence-electron chi connectivity index (χ2n) is 6.60. The minimum Gasteiger partial charge on any atom is -0.452 e. The van der Waals surface area contributed by atoms with Crippen molar-refractivity contribution >= 4 is 39.2 Å². The zero-order valence-electron chi connectivity index (χ0n) is 16.3. The number of amides is 1. The van der Waals surface area contributed by atoms with Gasteiger partial charge in [-0.1, -0.05) is 29.8 Å². The third kappa shape index (κ3) is 5.17. The molecule has 0 aromatic heterocycles. The van der Waals surface area contributed by atoms with Crippen LogP contribution in [0.4, 0.5) is 5.69 Å². The molecule has 1 amide bonds. The summed E-state index contributed by atoms with van der Waals surface area (Å²) < 4.78 is 37.4. The number of esters is 1. The topological polar surface area (TPSA) is 102 Å².